The minimum Gasteiger partial charge on any atom is -0.379 e. The second kappa shape index (κ2) is 8.35. The molecule has 0 amide bonds. The highest BCUT2D eigenvalue weighted by molar-refractivity contribution is 4.87. The highest BCUT2D eigenvalue weighted by Gasteiger charge is 2.33. The van der Waals surface area contributed by atoms with Crippen molar-refractivity contribution in [2.45, 2.75) is 52.4 Å². The van der Waals surface area contributed by atoms with E-state index in [1.807, 2.05) is 0 Å². The predicted octanol–water partition coefficient (Wildman–Crippen LogP) is 2.90. The molecule has 0 aromatic rings. The van der Waals surface area contributed by atoms with Crippen LogP contribution in [0.5, 0.6) is 0 Å². The zero-order chi connectivity index (χ0) is 14.3. The number of nitrogens with zero attached hydrogens (tertiary/aromatic N) is 1. The monoisotopic (exact) mass is 282 g/mol. The van der Waals surface area contributed by atoms with Crippen molar-refractivity contribution < 1.29 is 4.74 Å². The standard InChI is InChI=1S/C17H34N2O/c1-16(2)13-18-14-17(7-5-3-4-6-8-17)15-19-9-11-20-12-10-19/h16,18H,3-15H2,1-2H3. The molecule has 1 N–H and O–H groups in total. The van der Waals surface area contributed by atoms with E-state index in [1.165, 1.54) is 51.6 Å². The van der Waals surface area contributed by atoms with Gasteiger partial charge in [-0.1, -0.05) is 39.5 Å². The molecule has 1 heterocycles. The van der Waals surface area contributed by atoms with Gasteiger partial charge in [0.25, 0.3) is 0 Å². The Balaban J connectivity index is 1.90. The maximum Gasteiger partial charge on any atom is 0.0594 e. The molecule has 0 bridgehead atoms. The first-order valence-corrected chi connectivity index (χ1v) is 8.71. The van der Waals surface area contributed by atoms with E-state index in [1.54, 1.807) is 0 Å². The van der Waals surface area contributed by atoms with E-state index in [4.69, 9.17) is 4.74 Å². The Morgan fingerprint density at radius 3 is 2.30 bits per heavy atom. The van der Waals surface area contributed by atoms with Crippen molar-refractivity contribution in [1.29, 1.82) is 0 Å². The van der Waals surface area contributed by atoms with Crippen molar-refractivity contribution in [3.8, 4) is 0 Å². The molecule has 0 unspecified atom stereocenters. The third kappa shape index (κ3) is 5.34. The van der Waals surface area contributed by atoms with Gasteiger partial charge in [0.15, 0.2) is 0 Å². The Morgan fingerprint density at radius 1 is 1.05 bits per heavy atom. The largest absolute Gasteiger partial charge is 0.379 e. The van der Waals surface area contributed by atoms with Crippen LogP contribution >= 0.6 is 0 Å². The van der Waals surface area contributed by atoms with Crippen LogP contribution < -0.4 is 5.32 Å². The number of hydrogen-bond acceptors (Lipinski definition) is 3. The lowest BCUT2D eigenvalue weighted by Gasteiger charge is -2.40. The summed E-state index contributed by atoms with van der Waals surface area (Å²) in [4.78, 5) is 2.64. The Hall–Kier alpha value is -0.120. The molecule has 1 aliphatic carbocycles. The van der Waals surface area contributed by atoms with Gasteiger partial charge in [-0.25, -0.2) is 0 Å². The van der Waals surface area contributed by atoms with Crippen LogP contribution in [0.2, 0.25) is 0 Å². The second-order valence-corrected chi connectivity index (χ2v) is 7.33. The summed E-state index contributed by atoms with van der Waals surface area (Å²) in [6, 6.07) is 0. The first kappa shape index (κ1) is 16.3. The lowest BCUT2D eigenvalue weighted by atomic mass is 9.79. The van der Waals surface area contributed by atoms with Gasteiger partial charge in [-0.3, -0.25) is 4.90 Å². The second-order valence-electron chi connectivity index (χ2n) is 7.33. The van der Waals surface area contributed by atoms with Crippen molar-refractivity contribution in [1.82, 2.24) is 10.2 Å². The van der Waals surface area contributed by atoms with Gasteiger partial charge in [-0.05, 0) is 30.7 Å². The maximum absolute atomic E-state index is 5.50. The van der Waals surface area contributed by atoms with E-state index in [0.717, 1.165) is 38.8 Å². The summed E-state index contributed by atoms with van der Waals surface area (Å²) in [5, 5.41) is 3.75. The molecule has 3 heteroatoms. The topological polar surface area (TPSA) is 24.5 Å². The van der Waals surface area contributed by atoms with Crippen LogP contribution in [-0.2, 0) is 4.74 Å². The summed E-state index contributed by atoms with van der Waals surface area (Å²) in [7, 11) is 0. The van der Waals surface area contributed by atoms with Gasteiger partial charge in [0, 0.05) is 26.2 Å². The lowest BCUT2D eigenvalue weighted by Crippen LogP contribution is -2.48. The van der Waals surface area contributed by atoms with Gasteiger partial charge in [0.05, 0.1) is 13.2 Å². The summed E-state index contributed by atoms with van der Waals surface area (Å²) in [6.45, 7) is 12.4. The summed E-state index contributed by atoms with van der Waals surface area (Å²) in [5.74, 6) is 0.751. The van der Waals surface area contributed by atoms with E-state index >= 15 is 0 Å². The molecule has 2 fully saturated rings. The van der Waals surface area contributed by atoms with Crippen LogP contribution in [0.15, 0.2) is 0 Å². The fourth-order valence-electron chi connectivity index (χ4n) is 3.73. The summed E-state index contributed by atoms with van der Waals surface area (Å²) in [6.07, 6.45) is 8.55. The van der Waals surface area contributed by atoms with E-state index in [2.05, 4.69) is 24.1 Å². The minimum absolute atomic E-state index is 0.517. The van der Waals surface area contributed by atoms with Crippen molar-refractivity contribution in [3.05, 3.63) is 0 Å². The molecule has 0 aromatic carbocycles. The number of nitrogens with one attached hydrogen (secondary N) is 1. The molecule has 2 rings (SSSR count). The van der Waals surface area contributed by atoms with Crippen molar-refractivity contribution >= 4 is 0 Å². The van der Waals surface area contributed by atoms with Crippen LogP contribution in [0, 0.1) is 11.3 Å². The number of hydrogen-bond donors (Lipinski definition) is 1. The zero-order valence-corrected chi connectivity index (χ0v) is 13.6. The quantitative estimate of drug-likeness (QED) is 0.758. The Kier molecular flexibility index (Phi) is 6.79. The maximum atomic E-state index is 5.50. The molecular weight excluding hydrogens is 248 g/mol. The molecule has 0 spiro atoms. The molecular formula is C17H34N2O. The third-order valence-corrected chi connectivity index (χ3v) is 4.88. The van der Waals surface area contributed by atoms with Gasteiger partial charge in [-0.15, -0.1) is 0 Å². The first-order valence-electron chi connectivity index (χ1n) is 8.71. The average Bonchev–Trinajstić information content (AvgIpc) is 2.65. The number of rotatable bonds is 6. The van der Waals surface area contributed by atoms with E-state index in [0.29, 0.717) is 5.41 Å². The van der Waals surface area contributed by atoms with Crippen LogP contribution in [0.25, 0.3) is 0 Å². The summed E-state index contributed by atoms with van der Waals surface area (Å²) in [5.41, 5.74) is 0.517. The molecule has 20 heavy (non-hydrogen) atoms. The van der Waals surface area contributed by atoms with Gasteiger partial charge in [0.1, 0.15) is 0 Å². The van der Waals surface area contributed by atoms with Crippen LogP contribution in [0.4, 0.5) is 0 Å². The SMILES string of the molecule is CC(C)CNCC1(CN2CCOCC2)CCCCCC1. The van der Waals surface area contributed by atoms with Gasteiger partial charge >= 0.3 is 0 Å². The Bertz CT molecular complexity index is 254. The summed E-state index contributed by atoms with van der Waals surface area (Å²) < 4.78 is 5.50. The third-order valence-electron chi connectivity index (χ3n) is 4.88. The lowest BCUT2D eigenvalue weighted by molar-refractivity contribution is 0.0121. The molecule has 1 aliphatic heterocycles. The molecule has 118 valence electrons. The molecule has 0 atom stereocenters. The highest BCUT2D eigenvalue weighted by atomic mass is 16.5. The normalized spacial score (nSPS) is 24.8. The first-order chi connectivity index (χ1) is 9.70. The predicted molar refractivity (Wildman–Crippen MR) is 85.1 cm³/mol. The van der Waals surface area contributed by atoms with Crippen LogP contribution in [0.1, 0.15) is 52.4 Å². The molecule has 0 radical (unpaired) electrons. The van der Waals surface area contributed by atoms with Crippen molar-refractivity contribution in [2.75, 3.05) is 45.9 Å². The molecule has 0 aromatic heterocycles. The van der Waals surface area contributed by atoms with Crippen molar-refractivity contribution in [3.63, 3.8) is 0 Å². The van der Waals surface area contributed by atoms with E-state index in [-0.39, 0.29) is 0 Å². The zero-order valence-electron chi connectivity index (χ0n) is 13.6. The Labute approximate surface area is 125 Å². The molecule has 3 nitrogen and oxygen atoms in total. The van der Waals surface area contributed by atoms with Crippen molar-refractivity contribution in [2.24, 2.45) is 11.3 Å². The fraction of sp³-hybridized carbons (Fsp3) is 1.00. The van der Waals surface area contributed by atoms with E-state index < -0.39 is 0 Å². The highest BCUT2D eigenvalue weighted by Crippen LogP contribution is 2.35. The van der Waals surface area contributed by atoms with Gasteiger partial charge in [0.2, 0.25) is 0 Å². The van der Waals surface area contributed by atoms with Crippen LogP contribution in [0.3, 0.4) is 0 Å². The van der Waals surface area contributed by atoms with E-state index in [9.17, 15) is 0 Å². The van der Waals surface area contributed by atoms with Gasteiger partial charge < -0.3 is 10.1 Å². The molecule has 1 saturated heterocycles. The summed E-state index contributed by atoms with van der Waals surface area (Å²) >= 11 is 0. The Morgan fingerprint density at radius 2 is 1.70 bits per heavy atom. The average molecular weight is 282 g/mol. The van der Waals surface area contributed by atoms with Gasteiger partial charge in [-0.2, -0.15) is 0 Å². The van der Waals surface area contributed by atoms with Crippen LogP contribution in [-0.4, -0.2) is 50.8 Å². The fourth-order valence-corrected chi connectivity index (χ4v) is 3.73. The smallest absolute Gasteiger partial charge is 0.0594 e. The number of morpholine rings is 1. The molecule has 1 saturated carbocycles. The minimum atomic E-state index is 0.517. The number of ether oxygens (including phenoxy) is 1. The molecule has 2 aliphatic rings.